The highest BCUT2D eigenvalue weighted by Crippen LogP contribution is 2.54. The highest BCUT2D eigenvalue weighted by molar-refractivity contribution is 5.70. The molecule has 0 unspecified atom stereocenters. The minimum Gasteiger partial charge on any atom is -0.405 e. The summed E-state index contributed by atoms with van der Waals surface area (Å²) in [5, 5.41) is 7.86. The van der Waals surface area contributed by atoms with Gasteiger partial charge >= 0.3 is 6.36 Å². The van der Waals surface area contributed by atoms with E-state index in [1.165, 1.54) is 12.1 Å². The normalized spacial score (nSPS) is 28.5. The van der Waals surface area contributed by atoms with E-state index in [9.17, 15) is 13.2 Å². The molecule has 3 atom stereocenters. The molecule has 9 heteroatoms. The molecular weight excluding hydrogens is 437 g/mol. The predicted octanol–water partition coefficient (Wildman–Crippen LogP) is 5.14. The highest BCUT2D eigenvalue weighted by Gasteiger charge is 2.58. The second kappa shape index (κ2) is 7.99. The number of hydrogen-bond acceptors (Lipinski definition) is 6. The summed E-state index contributed by atoms with van der Waals surface area (Å²) in [6.45, 7) is 1.82. The van der Waals surface area contributed by atoms with Crippen LogP contribution in [-0.2, 0) is 16.0 Å². The van der Waals surface area contributed by atoms with Gasteiger partial charge in [-0.05, 0) is 50.7 Å². The van der Waals surface area contributed by atoms with E-state index in [1.54, 1.807) is 12.1 Å². The van der Waals surface area contributed by atoms with Crippen LogP contribution in [-0.4, -0.2) is 36.6 Å². The zero-order chi connectivity index (χ0) is 22.6. The van der Waals surface area contributed by atoms with E-state index in [0.717, 1.165) is 49.8 Å². The molecule has 2 aromatic rings. The Labute approximate surface area is 189 Å². The number of halogens is 3. The third-order valence-corrected chi connectivity index (χ3v) is 7.58. The lowest BCUT2D eigenvalue weighted by Gasteiger charge is -2.42. The molecule has 2 bridgehead atoms. The van der Waals surface area contributed by atoms with Gasteiger partial charge in [0.2, 0.25) is 0 Å². The third kappa shape index (κ3) is 3.94. The van der Waals surface area contributed by atoms with Gasteiger partial charge in [-0.1, -0.05) is 17.3 Å². The minimum atomic E-state index is -4.78. The number of benzene rings is 1. The van der Waals surface area contributed by atoms with E-state index in [0.29, 0.717) is 37.3 Å². The molecule has 4 aliphatic rings. The highest BCUT2D eigenvalue weighted by atomic mass is 19.4. The Morgan fingerprint density at radius 2 is 1.73 bits per heavy atom. The van der Waals surface area contributed by atoms with Crippen LogP contribution in [0.2, 0.25) is 0 Å². The fraction of sp³-hybridized carbons (Fsp3) is 0.625. The van der Waals surface area contributed by atoms with Crippen molar-refractivity contribution >= 4 is 0 Å². The van der Waals surface area contributed by atoms with Crippen molar-refractivity contribution in [2.45, 2.75) is 69.2 Å². The third-order valence-electron chi connectivity index (χ3n) is 7.58. The first-order chi connectivity index (χ1) is 15.9. The van der Waals surface area contributed by atoms with Crippen LogP contribution in [0.4, 0.5) is 13.2 Å². The summed E-state index contributed by atoms with van der Waals surface area (Å²) in [4.78, 5) is 0. The fourth-order valence-electron chi connectivity index (χ4n) is 6.06. The Morgan fingerprint density at radius 1 is 1.03 bits per heavy atom. The van der Waals surface area contributed by atoms with Crippen molar-refractivity contribution in [2.75, 3.05) is 13.2 Å². The van der Waals surface area contributed by atoms with Crippen LogP contribution in [0, 0.1) is 11.8 Å². The number of aromatic nitrogens is 1. The number of para-hydroxylation sites is 1. The van der Waals surface area contributed by atoms with Gasteiger partial charge in [-0.3, -0.25) is 0 Å². The van der Waals surface area contributed by atoms with Crippen molar-refractivity contribution in [3.63, 3.8) is 0 Å². The van der Waals surface area contributed by atoms with Crippen LogP contribution in [0.3, 0.4) is 0 Å². The lowest BCUT2D eigenvalue weighted by molar-refractivity contribution is -0.274. The standard InChI is InChI=1S/C24H27F3N2O4/c25-24(26,27)32-20-4-2-1-3-18(20)21-19(22(33-29-21)14-5-6-14)13-28-17-11-15-7-8-16(12-17)23(15)30-9-10-31-23/h1-4,14-17,28H,5-13H2/t15-,16+,17-. The van der Waals surface area contributed by atoms with Crippen LogP contribution in [0.25, 0.3) is 11.3 Å². The second-order valence-corrected chi connectivity index (χ2v) is 9.63. The molecule has 3 saturated carbocycles. The average Bonchev–Trinajstić information content (AvgIpc) is 3.31. The number of alkyl halides is 3. The van der Waals surface area contributed by atoms with E-state index in [1.807, 2.05) is 0 Å². The Bertz CT molecular complexity index is 997. The van der Waals surface area contributed by atoms with Crippen LogP contribution >= 0.6 is 0 Å². The molecule has 1 N–H and O–H groups in total. The van der Waals surface area contributed by atoms with E-state index in [2.05, 4.69) is 15.2 Å². The van der Waals surface area contributed by atoms with Gasteiger partial charge in [-0.25, -0.2) is 0 Å². The zero-order valence-corrected chi connectivity index (χ0v) is 18.2. The molecule has 178 valence electrons. The van der Waals surface area contributed by atoms with E-state index in [4.69, 9.17) is 14.0 Å². The summed E-state index contributed by atoms with van der Waals surface area (Å²) in [6, 6.07) is 6.40. The molecule has 1 spiro atoms. The number of nitrogens with zero attached hydrogens (tertiary/aromatic N) is 1. The quantitative estimate of drug-likeness (QED) is 0.639. The van der Waals surface area contributed by atoms with Crippen molar-refractivity contribution in [3.05, 3.63) is 35.6 Å². The van der Waals surface area contributed by atoms with Crippen LogP contribution in [0.15, 0.2) is 28.8 Å². The molecule has 1 aromatic heterocycles. The topological polar surface area (TPSA) is 65.8 Å². The van der Waals surface area contributed by atoms with Gasteiger partial charge in [0.25, 0.3) is 0 Å². The summed E-state index contributed by atoms with van der Waals surface area (Å²) in [5.74, 6) is 1.15. The summed E-state index contributed by atoms with van der Waals surface area (Å²) in [5.41, 5.74) is 1.54. The maximum atomic E-state index is 13.0. The van der Waals surface area contributed by atoms with Gasteiger partial charge in [0, 0.05) is 41.5 Å². The lowest BCUT2D eigenvalue weighted by atomic mass is 9.79. The molecule has 0 radical (unpaired) electrons. The number of hydrogen-bond donors (Lipinski definition) is 1. The van der Waals surface area contributed by atoms with Crippen LogP contribution in [0.1, 0.15) is 55.8 Å². The molecule has 6 nitrogen and oxygen atoms in total. The Hall–Kier alpha value is -2.10. The van der Waals surface area contributed by atoms with Gasteiger partial charge in [-0.2, -0.15) is 0 Å². The summed E-state index contributed by atoms with van der Waals surface area (Å²) >= 11 is 0. The molecule has 4 fully saturated rings. The maximum Gasteiger partial charge on any atom is 0.573 e. The van der Waals surface area contributed by atoms with Gasteiger partial charge in [0.05, 0.1) is 13.2 Å². The molecule has 1 saturated heterocycles. The molecule has 1 aliphatic heterocycles. The van der Waals surface area contributed by atoms with Crippen LogP contribution < -0.4 is 10.1 Å². The molecule has 3 aliphatic carbocycles. The maximum absolute atomic E-state index is 13.0. The van der Waals surface area contributed by atoms with Gasteiger partial charge in [-0.15, -0.1) is 13.2 Å². The number of rotatable bonds is 6. The monoisotopic (exact) mass is 464 g/mol. The van der Waals surface area contributed by atoms with E-state index in [-0.39, 0.29) is 23.3 Å². The van der Waals surface area contributed by atoms with Crippen molar-refractivity contribution < 1.29 is 31.9 Å². The van der Waals surface area contributed by atoms with Crippen LogP contribution in [0.5, 0.6) is 5.75 Å². The zero-order valence-electron chi connectivity index (χ0n) is 18.2. The first-order valence-corrected chi connectivity index (χ1v) is 11.8. The molecule has 33 heavy (non-hydrogen) atoms. The molecule has 0 amide bonds. The van der Waals surface area contributed by atoms with E-state index >= 15 is 0 Å². The van der Waals surface area contributed by atoms with Gasteiger partial charge < -0.3 is 24.1 Å². The number of ether oxygens (including phenoxy) is 3. The predicted molar refractivity (Wildman–Crippen MR) is 111 cm³/mol. The van der Waals surface area contributed by atoms with Crippen molar-refractivity contribution in [1.29, 1.82) is 0 Å². The van der Waals surface area contributed by atoms with Gasteiger partial charge in [0.15, 0.2) is 5.79 Å². The molecule has 6 rings (SSSR count). The Kier molecular flexibility index (Phi) is 5.19. The minimum absolute atomic E-state index is 0.268. The number of nitrogens with one attached hydrogen (secondary N) is 1. The average molecular weight is 464 g/mol. The first-order valence-electron chi connectivity index (χ1n) is 11.8. The SMILES string of the molecule is FC(F)(F)Oc1ccccc1-c1noc(C2CC2)c1CN[C@@H]1C[C@H]2CC[C@@H](C1)C21OCCO1. The first kappa shape index (κ1) is 21.4. The van der Waals surface area contributed by atoms with Crippen molar-refractivity contribution in [3.8, 4) is 17.0 Å². The Balaban J connectivity index is 1.24. The fourth-order valence-corrected chi connectivity index (χ4v) is 6.06. The second-order valence-electron chi connectivity index (χ2n) is 9.63. The largest absolute Gasteiger partial charge is 0.573 e. The summed E-state index contributed by atoms with van der Waals surface area (Å²) in [7, 11) is 0. The van der Waals surface area contributed by atoms with E-state index < -0.39 is 12.1 Å². The molecule has 1 aromatic carbocycles. The smallest absolute Gasteiger partial charge is 0.405 e. The Morgan fingerprint density at radius 3 is 2.39 bits per heavy atom. The van der Waals surface area contributed by atoms with Gasteiger partial charge in [0.1, 0.15) is 17.2 Å². The summed E-state index contributed by atoms with van der Waals surface area (Å²) < 4.78 is 61.0. The van der Waals surface area contributed by atoms with Crippen molar-refractivity contribution in [2.24, 2.45) is 11.8 Å². The molecular formula is C24H27F3N2O4. The summed E-state index contributed by atoms with van der Waals surface area (Å²) in [6.07, 6.45) is 1.38. The molecule has 2 heterocycles. The van der Waals surface area contributed by atoms with Crippen molar-refractivity contribution in [1.82, 2.24) is 10.5 Å². The lowest BCUT2D eigenvalue weighted by Crippen LogP contribution is -2.50.